The van der Waals surface area contributed by atoms with Crippen molar-refractivity contribution in [1.29, 1.82) is 0 Å². The summed E-state index contributed by atoms with van der Waals surface area (Å²) in [7, 11) is 0. The van der Waals surface area contributed by atoms with Gasteiger partial charge in [0.2, 0.25) is 0 Å². The third-order valence-corrected chi connectivity index (χ3v) is 3.43. The molecule has 1 N–H and O–H groups in total. The molecule has 16 heavy (non-hydrogen) atoms. The molecule has 1 atom stereocenters. The summed E-state index contributed by atoms with van der Waals surface area (Å²) in [5, 5.41) is 8.84. The molecule has 0 spiro atoms. The van der Waals surface area contributed by atoms with E-state index >= 15 is 0 Å². The number of rotatable bonds is 2. The third kappa shape index (κ3) is 2.01. The van der Waals surface area contributed by atoms with Gasteiger partial charge in [-0.2, -0.15) is 0 Å². The van der Waals surface area contributed by atoms with Crippen LogP contribution in [0.4, 0.5) is 0 Å². The van der Waals surface area contributed by atoms with Crippen molar-refractivity contribution in [3.63, 3.8) is 0 Å². The van der Waals surface area contributed by atoms with Crippen LogP contribution in [0, 0.1) is 0 Å². The molecular formula is C14H16O2. The Morgan fingerprint density at radius 2 is 1.94 bits per heavy atom. The summed E-state index contributed by atoms with van der Waals surface area (Å²) >= 11 is 0. The van der Waals surface area contributed by atoms with Crippen molar-refractivity contribution in [2.75, 3.05) is 0 Å². The van der Waals surface area contributed by atoms with E-state index in [-0.39, 0.29) is 5.41 Å². The molecule has 1 unspecified atom stereocenters. The Labute approximate surface area is 95.6 Å². The summed E-state index contributed by atoms with van der Waals surface area (Å²) in [6.45, 7) is 2.24. The Hall–Kier alpha value is -1.57. The SMILES string of the molecule is CC1(c2ccc(C(=O)O)cc2)CC=CCC1. The maximum Gasteiger partial charge on any atom is 0.335 e. The highest BCUT2D eigenvalue weighted by molar-refractivity contribution is 5.87. The van der Waals surface area contributed by atoms with Crippen molar-refractivity contribution in [2.45, 2.75) is 31.6 Å². The number of carboxylic acids is 1. The van der Waals surface area contributed by atoms with Crippen molar-refractivity contribution >= 4 is 5.97 Å². The standard InChI is InChI=1S/C14H16O2/c1-14(9-3-2-4-10-14)12-7-5-11(6-8-12)13(15)16/h2-3,5-8H,4,9-10H2,1H3,(H,15,16). The van der Waals surface area contributed by atoms with Gasteiger partial charge in [0.05, 0.1) is 5.56 Å². The summed E-state index contributed by atoms with van der Waals surface area (Å²) in [6, 6.07) is 7.29. The predicted octanol–water partition coefficient (Wildman–Crippen LogP) is 3.38. The van der Waals surface area contributed by atoms with Crippen molar-refractivity contribution in [2.24, 2.45) is 0 Å². The molecule has 2 nitrogen and oxygen atoms in total. The molecule has 2 heteroatoms. The second-order valence-corrected chi connectivity index (χ2v) is 4.66. The van der Waals surface area contributed by atoms with E-state index in [9.17, 15) is 4.79 Å². The molecule has 1 aromatic rings. The minimum atomic E-state index is -0.861. The molecule has 0 bridgehead atoms. The molecule has 0 aromatic heterocycles. The zero-order valence-electron chi connectivity index (χ0n) is 9.44. The first-order valence-corrected chi connectivity index (χ1v) is 5.61. The summed E-state index contributed by atoms with van der Waals surface area (Å²) in [5.74, 6) is -0.861. The summed E-state index contributed by atoms with van der Waals surface area (Å²) in [6.07, 6.45) is 7.72. The van der Waals surface area contributed by atoms with Gasteiger partial charge in [-0.25, -0.2) is 4.79 Å². The van der Waals surface area contributed by atoms with E-state index in [1.807, 2.05) is 12.1 Å². The van der Waals surface area contributed by atoms with E-state index in [1.165, 1.54) is 5.56 Å². The highest BCUT2D eigenvalue weighted by atomic mass is 16.4. The number of aromatic carboxylic acids is 1. The van der Waals surface area contributed by atoms with Gasteiger partial charge in [-0.3, -0.25) is 0 Å². The number of carbonyl (C=O) groups is 1. The van der Waals surface area contributed by atoms with Crippen molar-refractivity contribution < 1.29 is 9.90 Å². The van der Waals surface area contributed by atoms with Crippen LogP contribution in [0.25, 0.3) is 0 Å². The minimum absolute atomic E-state index is 0.172. The fourth-order valence-corrected chi connectivity index (χ4v) is 2.24. The molecule has 0 saturated heterocycles. The fourth-order valence-electron chi connectivity index (χ4n) is 2.24. The average Bonchev–Trinajstić information content (AvgIpc) is 2.30. The van der Waals surface area contributed by atoms with Crippen molar-refractivity contribution in [3.05, 3.63) is 47.5 Å². The molecule has 1 aliphatic rings. The number of hydrogen-bond acceptors (Lipinski definition) is 1. The van der Waals surface area contributed by atoms with Crippen LogP contribution in [0.1, 0.15) is 42.1 Å². The van der Waals surface area contributed by atoms with Gasteiger partial charge in [-0.05, 0) is 42.4 Å². The molecule has 0 aliphatic heterocycles. The lowest BCUT2D eigenvalue weighted by atomic mass is 9.73. The Bertz CT molecular complexity index is 417. The van der Waals surface area contributed by atoms with Gasteiger partial charge in [-0.15, -0.1) is 0 Å². The number of benzene rings is 1. The van der Waals surface area contributed by atoms with Gasteiger partial charge in [-0.1, -0.05) is 31.2 Å². The summed E-state index contributed by atoms with van der Waals surface area (Å²) in [5.41, 5.74) is 1.77. The highest BCUT2D eigenvalue weighted by Crippen LogP contribution is 2.35. The topological polar surface area (TPSA) is 37.3 Å². The fraction of sp³-hybridized carbons (Fsp3) is 0.357. The number of carboxylic acid groups (broad SMARTS) is 1. The first-order chi connectivity index (χ1) is 7.62. The van der Waals surface area contributed by atoms with Gasteiger partial charge >= 0.3 is 5.97 Å². The van der Waals surface area contributed by atoms with Crippen molar-refractivity contribution in [1.82, 2.24) is 0 Å². The van der Waals surface area contributed by atoms with E-state index < -0.39 is 5.97 Å². The molecule has 1 aromatic carbocycles. The number of hydrogen-bond donors (Lipinski definition) is 1. The normalized spacial score (nSPS) is 24.3. The van der Waals surface area contributed by atoms with E-state index in [1.54, 1.807) is 12.1 Å². The van der Waals surface area contributed by atoms with Gasteiger partial charge in [0.25, 0.3) is 0 Å². The van der Waals surface area contributed by atoms with Crippen molar-refractivity contribution in [3.8, 4) is 0 Å². The van der Waals surface area contributed by atoms with Gasteiger partial charge in [0.1, 0.15) is 0 Å². The van der Waals surface area contributed by atoms with Crippen LogP contribution in [0.2, 0.25) is 0 Å². The largest absolute Gasteiger partial charge is 0.478 e. The Kier molecular flexibility index (Phi) is 2.82. The summed E-state index contributed by atoms with van der Waals surface area (Å²) < 4.78 is 0. The van der Waals surface area contributed by atoms with Crippen LogP contribution in [-0.4, -0.2) is 11.1 Å². The van der Waals surface area contributed by atoms with Crippen LogP contribution in [0.5, 0.6) is 0 Å². The average molecular weight is 216 g/mol. The third-order valence-electron chi connectivity index (χ3n) is 3.43. The number of allylic oxidation sites excluding steroid dienone is 2. The van der Waals surface area contributed by atoms with Crippen LogP contribution in [0.15, 0.2) is 36.4 Å². The molecule has 0 amide bonds. The zero-order valence-corrected chi connectivity index (χ0v) is 9.44. The molecule has 0 heterocycles. The molecular weight excluding hydrogens is 200 g/mol. The van der Waals surface area contributed by atoms with E-state index in [0.717, 1.165) is 19.3 Å². The molecule has 0 fully saturated rings. The highest BCUT2D eigenvalue weighted by Gasteiger charge is 2.26. The monoisotopic (exact) mass is 216 g/mol. The predicted molar refractivity (Wildman–Crippen MR) is 63.7 cm³/mol. The molecule has 0 saturated carbocycles. The first kappa shape index (κ1) is 10.9. The Balaban J connectivity index is 2.27. The van der Waals surface area contributed by atoms with Crippen LogP contribution in [0.3, 0.4) is 0 Å². The molecule has 1 aliphatic carbocycles. The first-order valence-electron chi connectivity index (χ1n) is 5.61. The lowest BCUT2D eigenvalue weighted by molar-refractivity contribution is 0.0697. The molecule has 84 valence electrons. The van der Waals surface area contributed by atoms with Gasteiger partial charge in [0, 0.05) is 0 Å². The molecule has 0 radical (unpaired) electrons. The van der Waals surface area contributed by atoms with E-state index in [4.69, 9.17) is 5.11 Å². The van der Waals surface area contributed by atoms with Crippen LogP contribution < -0.4 is 0 Å². The van der Waals surface area contributed by atoms with Crippen LogP contribution in [-0.2, 0) is 5.41 Å². The van der Waals surface area contributed by atoms with E-state index in [0.29, 0.717) is 5.56 Å². The second-order valence-electron chi connectivity index (χ2n) is 4.66. The maximum absolute atomic E-state index is 10.8. The van der Waals surface area contributed by atoms with Crippen LogP contribution >= 0.6 is 0 Å². The summed E-state index contributed by atoms with van der Waals surface area (Å²) in [4.78, 5) is 10.8. The lowest BCUT2D eigenvalue weighted by Crippen LogP contribution is -2.22. The minimum Gasteiger partial charge on any atom is -0.478 e. The Morgan fingerprint density at radius 1 is 1.25 bits per heavy atom. The Morgan fingerprint density at radius 3 is 2.44 bits per heavy atom. The zero-order chi connectivity index (χ0) is 11.6. The van der Waals surface area contributed by atoms with Gasteiger partial charge in [0.15, 0.2) is 0 Å². The maximum atomic E-state index is 10.8. The molecule has 2 rings (SSSR count). The quantitative estimate of drug-likeness (QED) is 0.769. The van der Waals surface area contributed by atoms with E-state index in [2.05, 4.69) is 19.1 Å². The smallest absolute Gasteiger partial charge is 0.335 e. The second kappa shape index (κ2) is 4.12. The van der Waals surface area contributed by atoms with Gasteiger partial charge < -0.3 is 5.11 Å². The lowest BCUT2D eigenvalue weighted by Gasteiger charge is -2.31.